The Balaban J connectivity index is 1.68. The van der Waals surface area contributed by atoms with Gasteiger partial charge >= 0.3 is 0 Å². The van der Waals surface area contributed by atoms with Gasteiger partial charge in [-0.3, -0.25) is 0 Å². The van der Waals surface area contributed by atoms with Gasteiger partial charge in [-0.1, -0.05) is 48.6 Å². The van der Waals surface area contributed by atoms with Gasteiger partial charge < -0.3 is 4.74 Å². The Kier molecular flexibility index (Phi) is 4.59. The van der Waals surface area contributed by atoms with Gasteiger partial charge in [0, 0.05) is 17.3 Å². The summed E-state index contributed by atoms with van der Waals surface area (Å²) >= 11 is 0. The van der Waals surface area contributed by atoms with E-state index in [0.29, 0.717) is 11.2 Å². The molecule has 0 saturated heterocycles. The van der Waals surface area contributed by atoms with Gasteiger partial charge in [0.25, 0.3) is 0 Å². The number of fused-ring (bicyclic) bond motifs is 1. The number of rotatable bonds is 4. The van der Waals surface area contributed by atoms with Crippen molar-refractivity contribution >= 4 is 11.2 Å². The maximum atomic E-state index is 9.43. The summed E-state index contributed by atoms with van der Waals surface area (Å²) in [6.07, 6.45) is 11.9. The lowest BCUT2D eigenvalue weighted by molar-refractivity contribution is 0.483. The summed E-state index contributed by atoms with van der Waals surface area (Å²) in [7, 11) is 0. The first-order valence-corrected chi connectivity index (χ1v) is 9.81. The number of nitriles is 1. The normalized spacial score (nSPS) is 13.1. The summed E-state index contributed by atoms with van der Waals surface area (Å²) in [5.41, 5.74) is 4.91. The first-order chi connectivity index (χ1) is 14.8. The molecular weight excluding hydrogens is 372 g/mol. The molecule has 0 radical (unpaired) electrons. The maximum absolute atomic E-state index is 9.43. The van der Waals surface area contributed by atoms with E-state index in [9.17, 15) is 5.26 Å². The van der Waals surface area contributed by atoms with Crippen LogP contribution in [0.4, 0.5) is 0 Å². The van der Waals surface area contributed by atoms with Gasteiger partial charge in [0.1, 0.15) is 23.1 Å². The standard InChI is InChI=1S/C25H18N4O/c26-15-20-16-28-29-24(23(17-27-25(20)29)18-8-3-1-4-9-18)19-10-7-13-22(14-19)30-21-11-5-2-6-12-21/h2-3,5-14,16-17H,1,4H2. The molecule has 2 heterocycles. The highest BCUT2D eigenvalue weighted by Crippen LogP contribution is 2.34. The number of aromatic nitrogens is 3. The van der Waals surface area contributed by atoms with E-state index in [0.717, 1.165) is 46.7 Å². The molecule has 0 spiro atoms. The minimum Gasteiger partial charge on any atom is -0.457 e. The van der Waals surface area contributed by atoms with Crippen LogP contribution in [0.25, 0.3) is 22.5 Å². The number of ether oxygens (including phenoxy) is 1. The third-order valence-electron chi connectivity index (χ3n) is 5.04. The lowest BCUT2D eigenvalue weighted by Crippen LogP contribution is -2.02. The van der Waals surface area contributed by atoms with Gasteiger partial charge in [-0.05, 0) is 42.7 Å². The average Bonchev–Trinajstić information content (AvgIpc) is 3.23. The highest BCUT2D eigenvalue weighted by atomic mass is 16.5. The number of allylic oxidation sites excluding steroid dienone is 4. The lowest BCUT2D eigenvalue weighted by atomic mass is 9.96. The minimum absolute atomic E-state index is 0.452. The van der Waals surface area contributed by atoms with Crippen LogP contribution < -0.4 is 4.74 Å². The van der Waals surface area contributed by atoms with Crippen LogP contribution >= 0.6 is 0 Å². The summed E-state index contributed by atoms with van der Waals surface area (Å²) in [6, 6.07) is 19.8. The molecule has 0 fully saturated rings. The van der Waals surface area contributed by atoms with Crippen molar-refractivity contribution in [3.63, 3.8) is 0 Å². The topological polar surface area (TPSA) is 63.2 Å². The monoisotopic (exact) mass is 390 g/mol. The fourth-order valence-electron chi connectivity index (χ4n) is 3.64. The van der Waals surface area contributed by atoms with Gasteiger partial charge in [0.05, 0.1) is 11.9 Å². The van der Waals surface area contributed by atoms with Crippen molar-refractivity contribution in [2.75, 3.05) is 0 Å². The number of nitrogens with zero attached hydrogens (tertiary/aromatic N) is 4. The molecule has 0 bridgehead atoms. The third-order valence-corrected chi connectivity index (χ3v) is 5.04. The number of para-hydroxylation sites is 1. The SMILES string of the molecule is N#Cc1cnn2c(-c3cccc(Oc4ccccc4)c3)c(C3=CCCC=C3)cnc12. The minimum atomic E-state index is 0.452. The second-order valence-corrected chi connectivity index (χ2v) is 7.01. The van der Waals surface area contributed by atoms with Crippen molar-refractivity contribution in [1.82, 2.24) is 14.6 Å². The molecular formula is C25H18N4O. The van der Waals surface area contributed by atoms with E-state index in [1.807, 2.05) is 60.8 Å². The second kappa shape index (κ2) is 7.69. The molecule has 4 aromatic rings. The molecule has 1 aliphatic rings. The molecule has 0 atom stereocenters. The molecule has 0 N–H and O–H groups in total. The summed E-state index contributed by atoms with van der Waals surface area (Å²) in [5, 5.41) is 13.9. The zero-order chi connectivity index (χ0) is 20.3. The van der Waals surface area contributed by atoms with E-state index in [4.69, 9.17) is 4.74 Å². The van der Waals surface area contributed by atoms with Gasteiger partial charge in [-0.25, -0.2) is 9.50 Å². The van der Waals surface area contributed by atoms with E-state index >= 15 is 0 Å². The number of hydrogen-bond donors (Lipinski definition) is 0. The second-order valence-electron chi connectivity index (χ2n) is 7.01. The molecule has 5 heteroatoms. The summed E-state index contributed by atoms with van der Waals surface area (Å²) in [5.74, 6) is 1.51. The Bertz CT molecular complexity index is 1330. The van der Waals surface area contributed by atoms with Crippen LogP contribution in [0.5, 0.6) is 11.5 Å². The first kappa shape index (κ1) is 17.9. The van der Waals surface area contributed by atoms with Crippen LogP contribution in [0.3, 0.4) is 0 Å². The van der Waals surface area contributed by atoms with E-state index in [1.54, 1.807) is 10.7 Å². The fourth-order valence-corrected chi connectivity index (χ4v) is 3.64. The first-order valence-electron chi connectivity index (χ1n) is 9.81. The fraction of sp³-hybridized carbons (Fsp3) is 0.0800. The van der Waals surface area contributed by atoms with Crippen LogP contribution in [-0.4, -0.2) is 14.6 Å². The lowest BCUT2D eigenvalue weighted by Gasteiger charge is -2.15. The highest BCUT2D eigenvalue weighted by molar-refractivity contribution is 5.85. The van der Waals surface area contributed by atoms with Crippen molar-refractivity contribution in [2.45, 2.75) is 12.8 Å². The molecule has 30 heavy (non-hydrogen) atoms. The van der Waals surface area contributed by atoms with Crippen LogP contribution in [-0.2, 0) is 0 Å². The van der Waals surface area contributed by atoms with Crippen molar-refractivity contribution in [3.8, 4) is 28.8 Å². The zero-order valence-corrected chi connectivity index (χ0v) is 16.2. The quantitative estimate of drug-likeness (QED) is 0.442. The van der Waals surface area contributed by atoms with E-state index in [1.165, 1.54) is 0 Å². The van der Waals surface area contributed by atoms with Gasteiger partial charge in [0.2, 0.25) is 0 Å². The van der Waals surface area contributed by atoms with E-state index < -0.39 is 0 Å². The summed E-state index contributed by atoms with van der Waals surface area (Å²) in [4.78, 5) is 4.54. The molecule has 5 nitrogen and oxygen atoms in total. The van der Waals surface area contributed by atoms with Crippen molar-refractivity contribution < 1.29 is 4.74 Å². The third kappa shape index (κ3) is 3.25. The highest BCUT2D eigenvalue weighted by Gasteiger charge is 2.18. The molecule has 5 rings (SSSR count). The van der Waals surface area contributed by atoms with Gasteiger partial charge in [-0.2, -0.15) is 10.4 Å². The van der Waals surface area contributed by atoms with Gasteiger partial charge in [0.15, 0.2) is 5.65 Å². The Morgan fingerprint density at radius 2 is 1.83 bits per heavy atom. The van der Waals surface area contributed by atoms with Crippen LogP contribution in [0, 0.1) is 11.3 Å². The Labute approximate surface area is 174 Å². The molecule has 0 saturated carbocycles. The number of benzene rings is 2. The van der Waals surface area contributed by atoms with Gasteiger partial charge in [-0.15, -0.1) is 0 Å². The average molecular weight is 390 g/mol. The number of hydrogen-bond acceptors (Lipinski definition) is 4. The molecule has 1 aliphatic carbocycles. The van der Waals surface area contributed by atoms with Crippen molar-refractivity contribution in [2.24, 2.45) is 0 Å². The summed E-state index contributed by atoms with van der Waals surface area (Å²) in [6.45, 7) is 0. The van der Waals surface area contributed by atoms with Crippen LogP contribution in [0.15, 0.2) is 85.2 Å². The van der Waals surface area contributed by atoms with Crippen LogP contribution in [0.1, 0.15) is 24.0 Å². The smallest absolute Gasteiger partial charge is 0.173 e. The molecule has 2 aromatic heterocycles. The Morgan fingerprint density at radius 3 is 2.63 bits per heavy atom. The predicted octanol–water partition coefficient (Wildman–Crippen LogP) is 5.79. The molecule has 144 valence electrons. The van der Waals surface area contributed by atoms with E-state index in [2.05, 4.69) is 34.4 Å². The van der Waals surface area contributed by atoms with Crippen molar-refractivity contribution in [1.29, 1.82) is 5.26 Å². The molecule has 2 aromatic carbocycles. The van der Waals surface area contributed by atoms with E-state index in [-0.39, 0.29) is 0 Å². The summed E-state index contributed by atoms with van der Waals surface area (Å²) < 4.78 is 7.79. The Morgan fingerprint density at radius 1 is 0.967 bits per heavy atom. The molecule has 0 aliphatic heterocycles. The maximum Gasteiger partial charge on any atom is 0.173 e. The predicted molar refractivity (Wildman–Crippen MR) is 116 cm³/mol. The largest absolute Gasteiger partial charge is 0.457 e. The molecule has 0 unspecified atom stereocenters. The molecule has 0 amide bonds. The Hall–Kier alpha value is -4.17. The van der Waals surface area contributed by atoms with Crippen LogP contribution in [0.2, 0.25) is 0 Å². The van der Waals surface area contributed by atoms with Crippen molar-refractivity contribution in [3.05, 3.63) is 96.3 Å². The zero-order valence-electron chi connectivity index (χ0n) is 16.2.